The van der Waals surface area contributed by atoms with E-state index in [2.05, 4.69) is 15.9 Å². The quantitative estimate of drug-likeness (QED) is 0.893. The lowest BCUT2D eigenvalue weighted by Gasteiger charge is -2.07. The Balaban J connectivity index is 2.34. The SMILES string of the molecule is O=C(O)c1ccc(S(=O)(=O)Cc2cccc(F)c2Br)cc1. The average molecular weight is 373 g/mol. The molecule has 21 heavy (non-hydrogen) atoms. The maximum Gasteiger partial charge on any atom is 0.335 e. The largest absolute Gasteiger partial charge is 0.478 e. The van der Waals surface area contributed by atoms with Crippen LogP contribution in [0.5, 0.6) is 0 Å². The first kappa shape index (κ1) is 15.7. The first-order chi connectivity index (χ1) is 9.81. The van der Waals surface area contributed by atoms with Crippen molar-refractivity contribution in [2.24, 2.45) is 0 Å². The minimum atomic E-state index is -3.68. The summed E-state index contributed by atoms with van der Waals surface area (Å²) < 4.78 is 38.0. The summed E-state index contributed by atoms with van der Waals surface area (Å²) in [5.41, 5.74) is 0.304. The van der Waals surface area contributed by atoms with Crippen LogP contribution in [0.1, 0.15) is 15.9 Å². The minimum absolute atomic E-state index is 0.000820. The number of hydrogen-bond acceptors (Lipinski definition) is 3. The molecule has 4 nitrogen and oxygen atoms in total. The number of halogens is 2. The van der Waals surface area contributed by atoms with Crippen molar-refractivity contribution in [3.05, 3.63) is 63.9 Å². The molecule has 0 fully saturated rings. The normalized spacial score (nSPS) is 11.3. The Kier molecular flexibility index (Phi) is 4.43. The predicted molar refractivity (Wildman–Crippen MR) is 78.4 cm³/mol. The summed E-state index contributed by atoms with van der Waals surface area (Å²) in [7, 11) is -3.68. The smallest absolute Gasteiger partial charge is 0.335 e. The minimum Gasteiger partial charge on any atom is -0.478 e. The number of aromatic carboxylic acids is 1. The molecule has 110 valence electrons. The van der Waals surface area contributed by atoms with Crippen LogP contribution in [0.2, 0.25) is 0 Å². The lowest BCUT2D eigenvalue weighted by molar-refractivity contribution is 0.0696. The van der Waals surface area contributed by atoms with Gasteiger partial charge in [0.1, 0.15) is 5.82 Å². The summed E-state index contributed by atoms with van der Waals surface area (Å²) in [6.07, 6.45) is 0. The van der Waals surface area contributed by atoms with Crippen LogP contribution in [0.25, 0.3) is 0 Å². The third-order valence-electron chi connectivity index (χ3n) is 2.84. The van der Waals surface area contributed by atoms with Gasteiger partial charge in [0.15, 0.2) is 9.84 Å². The van der Waals surface area contributed by atoms with Gasteiger partial charge >= 0.3 is 5.97 Å². The van der Waals surface area contributed by atoms with E-state index in [1.807, 2.05) is 0 Å². The van der Waals surface area contributed by atoms with Crippen LogP contribution < -0.4 is 0 Å². The number of sulfone groups is 1. The standard InChI is InChI=1S/C14H10BrFO4S/c15-13-10(2-1-3-12(13)16)8-21(19,20)11-6-4-9(5-7-11)14(17)18/h1-7H,8H2,(H,17,18). The van der Waals surface area contributed by atoms with Gasteiger partial charge in [0.05, 0.1) is 20.7 Å². The van der Waals surface area contributed by atoms with Gasteiger partial charge in [0.25, 0.3) is 0 Å². The predicted octanol–water partition coefficient (Wildman–Crippen LogP) is 3.26. The summed E-state index contributed by atoms with van der Waals surface area (Å²) in [6, 6.07) is 9.06. The van der Waals surface area contributed by atoms with Crippen molar-refractivity contribution in [3.8, 4) is 0 Å². The fourth-order valence-corrected chi connectivity index (χ4v) is 3.71. The number of rotatable bonds is 4. The van der Waals surface area contributed by atoms with Crippen LogP contribution >= 0.6 is 15.9 Å². The van der Waals surface area contributed by atoms with Crippen LogP contribution in [0.15, 0.2) is 51.8 Å². The fourth-order valence-electron chi connectivity index (χ4n) is 1.75. The summed E-state index contributed by atoms with van der Waals surface area (Å²) in [5, 5.41) is 8.78. The Bertz CT molecular complexity index is 785. The van der Waals surface area contributed by atoms with Crippen molar-refractivity contribution in [2.75, 3.05) is 0 Å². The number of carboxylic acid groups (broad SMARTS) is 1. The van der Waals surface area contributed by atoms with E-state index in [9.17, 15) is 17.6 Å². The van der Waals surface area contributed by atoms with Gasteiger partial charge in [0, 0.05) is 0 Å². The molecule has 1 N–H and O–H groups in total. The van der Waals surface area contributed by atoms with E-state index in [1.165, 1.54) is 42.5 Å². The first-order valence-corrected chi connectivity index (χ1v) is 8.25. The zero-order valence-corrected chi connectivity index (χ0v) is 13.0. The van der Waals surface area contributed by atoms with E-state index in [1.54, 1.807) is 0 Å². The Morgan fingerprint density at radius 2 is 1.76 bits per heavy atom. The van der Waals surface area contributed by atoms with Gasteiger partial charge < -0.3 is 5.11 Å². The lowest BCUT2D eigenvalue weighted by atomic mass is 10.2. The third kappa shape index (κ3) is 3.48. The highest BCUT2D eigenvalue weighted by Gasteiger charge is 2.18. The average Bonchev–Trinajstić information content (AvgIpc) is 2.44. The summed E-state index contributed by atoms with van der Waals surface area (Å²) in [4.78, 5) is 10.7. The fraction of sp³-hybridized carbons (Fsp3) is 0.0714. The monoisotopic (exact) mass is 372 g/mol. The van der Waals surface area contributed by atoms with Crippen molar-refractivity contribution in [3.63, 3.8) is 0 Å². The van der Waals surface area contributed by atoms with Crippen LogP contribution in [0.4, 0.5) is 4.39 Å². The molecule has 0 unspecified atom stereocenters. The second kappa shape index (κ2) is 5.95. The van der Waals surface area contributed by atoms with Crippen molar-refractivity contribution in [2.45, 2.75) is 10.6 Å². The molecule has 0 heterocycles. The van der Waals surface area contributed by atoms with Crippen LogP contribution in [0.3, 0.4) is 0 Å². The number of benzene rings is 2. The molecule has 0 atom stereocenters. The highest BCUT2D eigenvalue weighted by atomic mass is 79.9. The second-order valence-corrected chi connectivity index (χ2v) is 7.08. The molecule has 0 aromatic heterocycles. The molecule has 0 bridgehead atoms. The zero-order chi connectivity index (χ0) is 15.6. The Labute approximate surface area is 129 Å². The Morgan fingerprint density at radius 1 is 1.14 bits per heavy atom. The summed E-state index contributed by atoms with van der Waals surface area (Å²) in [6.45, 7) is 0. The molecule has 2 rings (SSSR count). The molecule has 2 aromatic carbocycles. The van der Waals surface area contributed by atoms with E-state index in [4.69, 9.17) is 5.11 Å². The van der Waals surface area contributed by atoms with Crippen LogP contribution in [0, 0.1) is 5.82 Å². The van der Waals surface area contributed by atoms with Crippen LogP contribution in [-0.2, 0) is 15.6 Å². The highest BCUT2D eigenvalue weighted by Crippen LogP contribution is 2.25. The molecule has 0 aliphatic carbocycles. The van der Waals surface area contributed by atoms with Crippen LogP contribution in [-0.4, -0.2) is 19.5 Å². The molecule has 0 saturated heterocycles. The molecule has 2 aromatic rings. The van der Waals surface area contributed by atoms with E-state index < -0.39 is 21.6 Å². The maximum absolute atomic E-state index is 13.4. The molecule has 0 aliphatic heterocycles. The van der Waals surface area contributed by atoms with E-state index in [0.717, 1.165) is 0 Å². The lowest BCUT2D eigenvalue weighted by Crippen LogP contribution is -2.07. The maximum atomic E-state index is 13.4. The van der Waals surface area contributed by atoms with E-state index in [-0.39, 0.29) is 20.7 Å². The van der Waals surface area contributed by atoms with Gasteiger partial charge in [-0.1, -0.05) is 12.1 Å². The van der Waals surface area contributed by atoms with Gasteiger partial charge in [-0.15, -0.1) is 0 Å². The second-order valence-electron chi connectivity index (χ2n) is 4.30. The third-order valence-corrected chi connectivity index (χ3v) is 5.41. The molecule has 7 heteroatoms. The molecular weight excluding hydrogens is 363 g/mol. The highest BCUT2D eigenvalue weighted by molar-refractivity contribution is 9.10. The summed E-state index contributed by atoms with van der Waals surface area (Å²) in [5.74, 6) is -2.05. The number of hydrogen-bond donors (Lipinski definition) is 1. The van der Waals surface area contributed by atoms with Crippen molar-refractivity contribution in [1.82, 2.24) is 0 Å². The summed E-state index contributed by atoms with van der Waals surface area (Å²) >= 11 is 3.02. The van der Waals surface area contributed by atoms with Gasteiger partial charge in [0.2, 0.25) is 0 Å². The number of carboxylic acids is 1. The molecular formula is C14H10BrFO4S. The first-order valence-electron chi connectivity index (χ1n) is 5.80. The van der Waals surface area contributed by atoms with Gasteiger partial charge in [-0.05, 0) is 51.8 Å². The van der Waals surface area contributed by atoms with Gasteiger partial charge in [-0.3, -0.25) is 0 Å². The van der Waals surface area contributed by atoms with Crippen molar-refractivity contribution < 1.29 is 22.7 Å². The van der Waals surface area contributed by atoms with E-state index >= 15 is 0 Å². The molecule has 0 amide bonds. The number of carbonyl (C=O) groups is 1. The molecule has 0 saturated carbocycles. The molecule has 0 spiro atoms. The molecule has 0 aliphatic rings. The topological polar surface area (TPSA) is 71.4 Å². The van der Waals surface area contributed by atoms with Crippen molar-refractivity contribution >= 4 is 31.7 Å². The zero-order valence-electron chi connectivity index (χ0n) is 10.6. The Morgan fingerprint density at radius 3 is 2.33 bits per heavy atom. The van der Waals surface area contributed by atoms with Gasteiger partial charge in [-0.2, -0.15) is 0 Å². The molecule has 0 radical (unpaired) electrons. The van der Waals surface area contributed by atoms with Gasteiger partial charge in [-0.25, -0.2) is 17.6 Å². The Hall–Kier alpha value is -1.73. The van der Waals surface area contributed by atoms with E-state index in [0.29, 0.717) is 5.56 Å². The van der Waals surface area contributed by atoms with Crippen molar-refractivity contribution in [1.29, 1.82) is 0 Å².